The number of carbonyl (C=O) groups excluding carboxylic acids is 1. The van der Waals surface area contributed by atoms with Gasteiger partial charge in [0, 0.05) is 6.20 Å². The fourth-order valence-corrected chi connectivity index (χ4v) is 1.26. The maximum absolute atomic E-state index is 12.5. The molecular formula is C9H5F6NO3. The van der Waals surface area contributed by atoms with Gasteiger partial charge in [0.15, 0.2) is 0 Å². The van der Waals surface area contributed by atoms with Crippen LogP contribution in [0.4, 0.5) is 26.3 Å². The minimum absolute atomic E-state index is 0.141. The highest BCUT2D eigenvalue weighted by Gasteiger charge is 2.42. The van der Waals surface area contributed by atoms with Gasteiger partial charge in [-0.05, 0) is 0 Å². The Hall–Kier alpha value is -2.00. The van der Waals surface area contributed by atoms with Gasteiger partial charge in [-0.15, -0.1) is 0 Å². The number of ether oxygens (including phenoxy) is 1. The number of carbonyl (C=O) groups is 1. The Labute approximate surface area is 101 Å². The van der Waals surface area contributed by atoms with Crippen LogP contribution in [0.5, 0.6) is 0 Å². The molecule has 0 aromatic carbocycles. The lowest BCUT2D eigenvalue weighted by atomic mass is 10.1. The van der Waals surface area contributed by atoms with E-state index in [-0.39, 0.29) is 6.20 Å². The smallest absolute Gasteiger partial charge is 0.432 e. The van der Waals surface area contributed by atoms with Gasteiger partial charge in [0.25, 0.3) is 0 Å². The SMILES string of the molecule is COC(=O)c1c(C(F)(F)F)[nH]cc(C(F)(F)F)c1=O. The number of aromatic amines is 1. The van der Waals surface area contributed by atoms with Gasteiger partial charge in [-0.2, -0.15) is 26.3 Å². The zero-order valence-electron chi connectivity index (χ0n) is 9.07. The number of rotatable bonds is 1. The quantitative estimate of drug-likeness (QED) is 0.637. The van der Waals surface area contributed by atoms with E-state index >= 15 is 0 Å². The summed E-state index contributed by atoms with van der Waals surface area (Å²) >= 11 is 0. The Bertz CT molecular complexity index is 557. The molecule has 1 N–H and O–H groups in total. The van der Waals surface area contributed by atoms with Gasteiger partial charge >= 0.3 is 18.3 Å². The van der Waals surface area contributed by atoms with Crippen LogP contribution in [0.15, 0.2) is 11.0 Å². The van der Waals surface area contributed by atoms with Gasteiger partial charge in [-0.3, -0.25) is 4.79 Å². The summed E-state index contributed by atoms with van der Waals surface area (Å²) in [5.74, 6) is -1.81. The molecule has 0 bridgehead atoms. The number of pyridine rings is 1. The maximum Gasteiger partial charge on any atom is 0.432 e. The van der Waals surface area contributed by atoms with E-state index in [4.69, 9.17) is 0 Å². The standard InChI is InChI=1S/C9H5F6NO3/c1-19-7(18)4-5(17)3(8(10,11)12)2-16-6(4)9(13,14)15/h2H,1H3,(H,16,17). The van der Waals surface area contributed by atoms with E-state index in [9.17, 15) is 35.9 Å². The van der Waals surface area contributed by atoms with Crippen LogP contribution in [0.2, 0.25) is 0 Å². The highest BCUT2D eigenvalue weighted by atomic mass is 19.4. The minimum atomic E-state index is -5.20. The first kappa shape index (κ1) is 15.1. The molecule has 0 atom stereocenters. The van der Waals surface area contributed by atoms with Crippen molar-refractivity contribution in [3.05, 3.63) is 33.2 Å². The summed E-state index contributed by atoms with van der Waals surface area (Å²) in [6.45, 7) is 0. The molecule has 10 heteroatoms. The van der Waals surface area contributed by atoms with Crippen LogP contribution < -0.4 is 5.43 Å². The van der Waals surface area contributed by atoms with Crippen molar-refractivity contribution in [3.8, 4) is 0 Å². The third-order valence-electron chi connectivity index (χ3n) is 2.06. The Morgan fingerprint density at radius 3 is 2.05 bits per heavy atom. The maximum atomic E-state index is 12.5. The summed E-state index contributed by atoms with van der Waals surface area (Å²) in [5, 5.41) is 0. The van der Waals surface area contributed by atoms with Crippen molar-refractivity contribution in [2.75, 3.05) is 7.11 Å². The molecule has 1 aromatic heterocycles. The summed E-state index contributed by atoms with van der Waals surface area (Å²) in [4.78, 5) is 23.7. The Morgan fingerprint density at radius 1 is 1.16 bits per heavy atom. The lowest BCUT2D eigenvalue weighted by Gasteiger charge is -2.13. The second-order valence-electron chi connectivity index (χ2n) is 3.27. The van der Waals surface area contributed by atoms with Crippen molar-refractivity contribution in [2.45, 2.75) is 12.4 Å². The Kier molecular flexibility index (Phi) is 3.64. The van der Waals surface area contributed by atoms with Crippen molar-refractivity contribution in [1.82, 2.24) is 4.98 Å². The summed E-state index contributed by atoms with van der Waals surface area (Å²) in [6, 6.07) is 0. The second kappa shape index (κ2) is 4.59. The molecule has 106 valence electrons. The summed E-state index contributed by atoms with van der Waals surface area (Å²) in [6.07, 6.45) is -10.5. The van der Waals surface area contributed by atoms with Crippen molar-refractivity contribution in [2.24, 2.45) is 0 Å². The molecule has 0 saturated heterocycles. The zero-order valence-corrected chi connectivity index (χ0v) is 9.07. The van der Waals surface area contributed by atoms with Crippen LogP contribution in [0.25, 0.3) is 0 Å². The summed E-state index contributed by atoms with van der Waals surface area (Å²) in [5.41, 5.74) is -7.63. The van der Waals surface area contributed by atoms with Crippen molar-refractivity contribution >= 4 is 5.97 Å². The van der Waals surface area contributed by atoms with Gasteiger partial charge in [-0.25, -0.2) is 4.79 Å². The highest BCUT2D eigenvalue weighted by molar-refractivity contribution is 5.90. The summed E-state index contributed by atoms with van der Waals surface area (Å²) < 4.78 is 78.5. The molecule has 1 aromatic rings. The van der Waals surface area contributed by atoms with E-state index in [2.05, 4.69) is 4.74 Å². The predicted octanol–water partition coefficient (Wildman–Crippen LogP) is 2.20. The number of halogens is 6. The fraction of sp³-hybridized carbons (Fsp3) is 0.333. The average molecular weight is 289 g/mol. The zero-order chi connectivity index (χ0) is 15.0. The minimum Gasteiger partial charge on any atom is -0.465 e. The first-order valence-electron chi connectivity index (χ1n) is 4.48. The molecule has 0 radical (unpaired) electrons. The molecule has 19 heavy (non-hydrogen) atoms. The van der Waals surface area contributed by atoms with Gasteiger partial charge in [0.05, 0.1) is 7.11 Å². The van der Waals surface area contributed by atoms with E-state index < -0.39 is 40.6 Å². The van der Waals surface area contributed by atoms with Crippen LogP contribution in [0.3, 0.4) is 0 Å². The van der Waals surface area contributed by atoms with Crippen LogP contribution in [-0.2, 0) is 17.1 Å². The first-order valence-corrected chi connectivity index (χ1v) is 4.48. The molecule has 0 aliphatic heterocycles. The molecule has 0 aliphatic rings. The number of alkyl halides is 6. The highest BCUT2D eigenvalue weighted by Crippen LogP contribution is 2.32. The van der Waals surface area contributed by atoms with Crippen LogP contribution in [0, 0.1) is 0 Å². The third-order valence-corrected chi connectivity index (χ3v) is 2.06. The third kappa shape index (κ3) is 2.88. The molecule has 0 aliphatic carbocycles. The largest absolute Gasteiger partial charge is 0.465 e. The Balaban J connectivity index is 3.70. The topological polar surface area (TPSA) is 59.2 Å². The molecule has 1 rings (SSSR count). The van der Waals surface area contributed by atoms with Gasteiger partial charge in [-0.1, -0.05) is 0 Å². The Morgan fingerprint density at radius 2 is 1.68 bits per heavy atom. The molecule has 0 saturated carbocycles. The van der Waals surface area contributed by atoms with E-state index in [1.165, 1.54) is 4.98 Å². The van der Waals surface area contributed by atoms with Crippen LogP contribution in [-0.4, -0.2) is 18.1 Å². The van der Waals surface area contributed by atoms with E-state index in [0.29, 0.717) is 7.11 Å². The molecule has 4 nitrogen and oxygen atoms in total. The van der Waals surface area contributed by atoms with Crippen LogP contribution in [0.1, 0.15) is 21.6 Å². The molecule has 0 amide bonds. The van der Waals surface area contributed by atoms with Crippen LogP contribution >= 0.6 is 0 Å². The number of hydrogen-bond acceptors (Lipinski definition) is 3. The van der Waals surface area contributed by atoms with Gasteiger partial charge in [0.1, 0.15) is 16.8 Å². The van der Waals surface area contributed by atoms with E-state index in [1.54, 1.807) is 0 Å². The molecule has 1 heterocycles. The monoisotopic (exact) mass is 289 g/mol. The predicted molar refractivity (Wildman–Crippen MR) is 48.4 cm³/mol. The number of methoxy groups -OCH3 is 1. The van der Waals surface area contributed by atoms with Gasteiger partial charge in [0.2, 0.25) is 5.43 Å². The molecule has 0 unspecified atom stereocenters. The normalized spacial score (nSPS) is 12.4. The molecular weight excluding hydrogens is 284 g/mol. The second-order valence-corrected chi connectivity index (χ2v) is 3.27. The lowest BCUT2D eigenvalue weighted by molar-refractivity contribution is -0.145. The van der Waals surface area contributed by atoms with Crippen molar-refractivity contribution in [3.63, 3.8) is 0 Å². The van der Waals surface area contributed by atoms with E-state index in [0.717, 1.165) is 0 Å². The number of nitrogens with one attached hydrogen (secondary N) is 1. The average Bonchev–Trinajstić information content (AvgIpc) is 2.24. The van der Waals surface area contributed by atoms with E-state index in [1.807, 2.05) is 0 Å². The fourth-order valence-electron chi connectivity index (χ4n) is 1.26. The number of esters is 1. The van der Waals surface area contributed by atoms with Crippen molar-refractivity contribution in [1.29, 1.82) is 0 Å². The number of aromatic nitrogens is 1. The number of H-pyrrole nitrogens is 1. The molecule has 0 fully saturated rings. The molecule has 0 spiro atoms. The summed E-state index contributed by atoms with van der Waals surface area (Å²) in [7, 11) is 0.641. The first-order chi connectivity index (χ1) is 8.50. The lowest BCUT2D eigenvalue weighted by Crippen LogP contribution is -2.30. The number of hydrogen-bond donors (Lipinski definition) is 1. The van der Waals surface area contributed by atoms with Gasteiger partial charge < -0.3 is 9.72 Å². The van der Waals surface area contributed by atoms with Crippen molar-refractivity contribution < 1.29 is 35.9 Å².